The molecule has 0 spiro atoms. The highest BCUT2D eigenvalue weighted by Crippen LogP contribution is 2.33. The number of hydrogen-bond donors (Lipinski definition) is 3. The van der Waals surface area contributed by atoms with Gasteiger partial charge in [-0.05, 0) is 30.2 Å². The van der Waals surface area contributed by atoms with Gasteiger partial charge in [0.2, 0.25) is 0 Å². The van der Waals surface area contributed by atoms with E-state index >= 15 is 0 Å². The van der Waals surface area contributed by atoms with Gasteiger partial charge in [0.15, 0.2) is 5.65 Å². The van der Waals surface area contributed by atoms with E-state index in [4.69, 9.17) is 15.2 Å². The lowest BCUT2D eigenvalue weighted by Gasteiger charge is -2.17. The number of carboxylic acids is 1. The van der Waals surface area contributed by atoms with Gasteiger partial charge in [0.25, 0.3) is 0 Å². The fraction of sp³-hybridized carbons (Fsp3) is 0.423. The molecule has 0 aliphatic rings. The molecule has 8 heteroatoms. The summed E-state index contributed by atoms with van der Waals surface area (Å²) in [7, 11) is 0. The van der Waals surface area contributed by atoms with Crippen LogP contribution in [0.5, 0.6) is 0 Å². The third kappa shape index (κ3) is 5.87. The van der Waals surface area contributed by atoms with Crippen molar-refractivity contribution >= 4 is 17.7 Å². The van der Waals surface area contributed by atoms with Crippen molar-refractivity contribution in [2.45, 2.75) is 71.0 Å². The summed E-state index contributed by atoms with van der Waals surface area (Å²) in [5, 5.41) is 33.9. The number of rotatable bonds is 8. The van der Waals surface area contributed by atoms with Gasteiger partial charge in [0.05, 0.1) is 35.7 Å². The molecule has 2 aromatic heterocycles. The Bertz CT molecular complexity index is 1190. The van der Waals surface area contributed by atoms with Gasteiger partial charge >= 0.3 is 5.97 Å². The SMILES string of the molecule is CC(C)c1nc2cc(C(C)(C)C)nn2c(-c2ccc(F)cc2)c1/C=C/[C@@H](O)C[C@@H](O)CC(=O)O. The van der Waals surface area contributed by atoms with Crippen LogP contribution in [-0.2, 0) is 10.2 Å². The van der Waals surface area contributed by atoms with Gasteiger partial charge < -0.3 is 15.3 Å². The van der Waals surface area contributed by atoms with Crippen molar-refractivity contribution in [3.05, 3.63) is 59.2 Å². The fourth-order valence-corrected chi connectivity index (χ4v) is 3.74. The number of nitrogens with zero attached hydrogens (tertiary/aromatic N) is 3. The first-order chi connectivity index (χ1) is 15.9. The highest BCUT2D eigenvalue weighted by Gasteiger charge is 2.23. The standard InChI is InChI=1S/C26H32FN3O4/c1-15(2)24-20(11-10-18(31)12-19(32)13-23(33)34)25(16-6-8-17(27)9-7-16)30-22(28-24)14-21(29-30)26(3,4)5/h6-11,14-15,18-19,31-32H,12-13H2,1-5H3,(H,33,34)/b11-10+/t18-,19-/m1/s1. The van der Waals surface area contributed by atoms with Crippen molar-refractivity contribution in [2.24, 2.45) is 0 Å². The quantitative estimate of drug-likeness (QED) is 0.447. The second-order valence-corrected chi connectivity index (χ2v) is 9.88. The number of carboxylic acid groups (broad SMARTS) is 1. The number of carbonyl (C=O) groups is 1. The molecule has 0 aliphatic heterocycles. The predicted octanol–water partition coefficient (Wildman–Crippen LogP) is 4.56. The molecule has 3 aromatic rings. The summed E-state index contributed by atoms with van der Waals surface area (Å²) in [5.41, 5.74) is 4.25. The summed E-state index contributed by atoms with van der Waals surface area (Å²) in [6.07, 6.45) is 0.447. The van der Waals surface area contributed by atoms with Crippen molar-refractivity contribution < 1.29 is 24.5 Å². The third-order valence-electron chi connectivity index (χ3n) is 5.51. The van der Waals surface area contributed by atoms with Crippen LogP contribution < -0.4 is 0 Å². The predicted molar refractivity (Wildman–Crippen MR) is 129 cm³/mol. The van der Waals surface area contributed by atoms with Gasteiger partial charge in [-0.25, -0.2) is 13.9 Å². The minimum atomic E-state index is -1.17. The fourth-order valence-electron chi connectivity index (χ4n) is 3.74. The van der Waals surface area contributed by atoms with Gasteiger partial charge in [-0.1, -0.05) is 46.8 Å². The van der Waals surface area contributed by atoms with Crippen LogP contribution in [0.1, 0.15) is 70.3 Å². The molecular formula is C26H32FN3O4. The molecule has 7 nitrogen and oxygen atoms in total. The Balaban J connectivity index is 2.19. The van der Waals surface area contributed by atoms with Crippen LogP contribution in [0.3, 0.4) is 0 Å². The largest absolute Gasteiger partial charge is 0.481 e. The van der Waals surface area contributed by atoms with Crippen LogP contribution >= 0.6 is 0 Å². The maximum absolute atomic E-state index is 13.7. The average Bonchev–Trinajstić information content (AvgIpc) is 3.15. The Morgan fingerprint density at radius 1 is 1.18 bits per heavy atom. The molecule has 0 amide bonds. The number of aliphatic hydroxyl groups excluding tert-OH is 2. The summed E-state index contributed by atoms with van der Waals surface area (Å²) in [4.78, 5) is 15.7. The van der Waals surface area contributed by atoms with Crippen molar-refractivity contribution in [3.8, 4) is 11.3 Å². The summed E-state index contributed by atoms with van der Waals surface area (Å²) in [5.74, 6) is -1.45. The Kier molecular flexibility index (Phi) is 7.53. The molecule has 0 saturated carbocycles. The van der Waals surface area contributed by atoms with Gasteiger partial charge in [-0.15, -0.1) is 0 Å². The molecule has 0 radical (unpaired) electrons. The Morgan fingerprint density at radius 2 is 1.82 bits per heavy atom. The monoisotopic (exact) mass is 469 g/mol. The second kappa shape index (κ2) is 10.0. The molecule has 3 N–H and O–H groups in total. The van der Waals surface area contributed by atoms with E-state index in [0.29, 0.717) is 16.9 Å². The van der Waals surface area contributed by atoms with E-state index in [9.17, 15) is 19.4 Å². The van der Waals surface area contributed by atoms with Gasteiger partial charge in [0.1, 0.15) is 5.82 Å². The summed E-state index contributed by atoms with van der Waals surface area (Å²) in [6.45, 7) is 10.2. The lowest BCUT2D eigenvalue weighted by molar-refractivity contribution is -0.139. The number of aromatic nitrogens is 3. The summed E-state index contributed by atoms with van der Waals surface area (Å²) < 4.78 is 15.4. The molecule has 0 bridgehead atoms. The first-order valence-corrected chi connectivity index (χ1v) is 11.3. The van der Waals surface area contributed by atoms with Crippen molar-refractivity contribution in [2.75, 3.05) is 0 Å². The summed E-state index contributed by atoms with van der Waals surface area (Å²) >= 11 is 0. The Hall–Kier alpha value is -3.10. The maximum atomic E-state index is 13.7. The van der Waals surface area contributed by atoms with Crippen molar-refractivity contribution in [1.29, 1.82) is 0 Å². The van der Waals surface area contributed by atoms with Crippen LogP contribution in [0.15, 0.2) is 36.4 Å². The Labute approximate surface area is 198 Å². The van der Waals surface area contributed by atoms with Crippen molar-refractivity contribution in [3.63, 3.8) is 0 Å². The lowest BCUT2D eigenvalue weighted by Crippen LogP contribution is -2.19. The number of aliphatic hydroxyl groups is 2. The molecule has 0 saturated heterocycles. The first-order valence-electron chi connectivity index (χ1n) is 11.3. The highest BCUT2D eigenvalue weighted by atomic mass is 19.1. The Morgan fingerprint density at radius 3 is 2.38 bits per heavy atom. The van der Waals surface area contributed by atoms with Gasteiger partial charge in [-0.2, -0.15) is 5.10 Å². The smallest absolute Gasteiger partial charge is 0.305 e. The van der Waals surface area contributed by atoms with Crippen LogP contribution in [-0.4, -0.2) is 48.1 Å². The molecule has 2 heterocycles. The maximum Gasteiger partial charge on any atom is 0.305 e. The molecule has 0 unspecified atom stereocenters. The average molecular weight is 470 g/mol. The van der Waals surface area contributed by atoms with Crippen LogP contribution in [0.4, 0.5) is 4.39 Å². The lowest BCUT2D eigenvalue weighted by atomic mass is 9.92. The number of halogens is 1. The number of hydrogen-bond acceptors (Lipinski definition) is 5. The first kappa shape index (κ1) is 25.5. The third-order valence-corrected chi connectivity index (χ3v) is 5.51. The molecule has 182 valence electrons. The zero-order valence-electron chi connectivity index (χ0n) is 20.2. The second-order valence-electron chi connectivity index (χ2n) is 9.88. The molecule has 0 fully saturated rings. The van der Waals surface area contributed by atoms with Crippen LogP contribution in [0.25, 0.3) is 23.0 Å². The van der Waals surface area contributed by atoms with E-state index in [2.05, 4.69) is 20.8 Å². The summed E-state index contributed by atoms with van der Waals surface area (Å²) in [6, 6.07) is 8.07. The van der Waals surface area contributed by atoms with E-state index in [1.807, 2.05) is 19.9 Å². The van der Waals surface area contributed by atoms with E-state index in [1.165, 1.54) is 18.2 Å². The zero-order chi connectivity index (χ0) is 25.2. The van der Waals surface area contributed by atoms with Gasteiger partial charge in [0, 0.05) is 29.0 Å². The van der Waals surface area contributed by atoms with Crippen LogP contribution in [0.2, 0.25) is 0 Å². The minimum Gasteiger partial charge on any atom is -0.481 e. The van der Waals surface area contributed by atoms with Crippen LogP contribution in [0, 0.1) is 5.82 Å². The molecule has 1 aromatic carbocycles. The van der Waals surface area contributed by atoms with Gasteiger partial charge in [-0.3, -0.25) is 4.79 Å². The molecule has 34 heavy (non-hydrogen) atoms. The van der Waals surface area contributed by atoms with E-state index in [1.54, 1.807) is 22.7 Å². The molecule has 3 rings (SSSR count). The normalized spacial score (nSPS) is 14.3. The highest BCUT2D eigenvalue weighted by molar-refractivity contribution is 5.76. The number of aliphatic carboxylic acids is 1. The minimum absolute atomic E-state index is 0.0339. The topological polar surface area (TPSA) is 108 Å². The molecule has 0 aliphatic carbocycles. The number of benzene rings is 1. The van der Waals surface area contributed by atoms with E-state index < -0.39 is 24.6 Å². The molecular weight excluding hydrogens is 437 g/mol. The van der Waals surface area contributed by atoms with E-state index in [0.717, 1.165) is 17.0 Å². The zero-order valence-corrected chi connectivity index (χ0v) is 20.2. The molecule has 2 atom stereocenters. The van der Waals surface area contributed by atoms with Crippen molar-refractivity contribution in [1.82, 2.24) is 14.6 Å². The number of fused-ring (bicyclic) bond motifs is 1. The van der Waals surface area contributed by atoms with E-state index in [-0.39, 0.29) is 23.6 Å².